The second-order valence-electron chi connectivity index (χ2n) is 5.73. The van der Waals surface area contributed by atoms with Gasteiger partial charge in [0, 0.05) is 17.8 Å². The zero-order valence-electron chi connectivity index (χ0n) is 13.8. The number of benzene rings is 3. The molecule has 0 bridgehead atoms. The summed E-state index contributed by atoms with van der Waals surface area (Å²) in [6.45, 7) is 3.33. The van der Waals surface area contributed by atoms with Gasteiger partial charge in [0.05, 0.1) is 0 Å². The Morgan fingerprint density at radius 1 is 0.833 bits per heavy atom. The molecule has 2 N–H and O–H groups in total. The summed E-state index contributed by atoms with van der Waals surface area (Å²) in [7, 11) is 0. The monoisotopic (exact) mass is 318 g/mol. The number of rotatable bonds is 7. The van der Waals surface area contributed by atoms with Gasteiger partial charge in [0.2, 0.25) is 0 Å². The van der Waals surface area contributed by atoms with Gasteiger partial charge in [0.15, 0.2) is 0 Å². The number of para-hydroxylation sites is 1. The molecule has 0 heterocycles. The number of anilines is 1. The topological polar surface area (TPSA) is 33.3 Å². The summed E-state index contributed by atoms with van der Waals surface area (Å²) in [4.78, 5) is 0. The van der Waals surface area contributed by atoms with Crippen molar-refractivity contribution in [3.8, 4) is 5.75 Å². The van der Waals surface area contributed by atoms with E-state index in [1.165, 1.54) is 11.1 Å². The summed E-state index contributed by atoms with van der Waals surface area (Å²) in [6, 6.07) is 26.6. The third-order valence-corrected chi connectivity index (χ3v) is 3.75. The maximum Gasteiger partial charge on any atom is 0.124 e. The third kappa shape index (κ3) is 4.61. The van der Waals surface area contributed by atoms with Crippen LogP contribution >= 0.6 is 0 Å². The molecule has 0 aliphatic rings. The largest absolute Gasteiger partial charge is 0.489 e. The van der Waals surface area contributed by atoms with Crippen molar-refractivity contribution in [2.45, 2.75) is 20.1 Å². The zero-order valence-corrected chi connectivity index (χ0v) is 13.8. The van der Waals surface area contributed by atoms with Crippen LogP contribution in [0.25, 0.3) is 0 Å². The van der Waals surface area contributed by atoms with Crippen LogP contribution in [0.15, 0.2) is 78.9 Å². The molecular weight excluding hydrogens is 296 g/mol. The van der Waals surface area contributed by atoms with Crippen LogP contribution in [0.1, 0.15) is 16.7 Å². The Morgan fingerprint density at radius 2 is 1.54 bits per heavy atom. The summed E-state index contributed by atoms with van der Waals surface area (Å²) in [5, 5.41) is 0. The first-order chi connectivity index (χ1) is 11.8. The fourth-order valence-electron chi connectivity index (χ4n) is 2.44. The molecule has 0 radical (unpaired) electrons. The average molecular weight is 318 g/mol. The van der Waals surface area contributed by atoms with E-state index in [0.717, 1.165) is 17.0 Å². The minimum atomic E-state index is 0.573. The van der Waals surface area contributed by atoms with Gasteiger partial charge in [-0.05, 0) is 36.2 Å². The second-order valence-corrected chi connectivity index (χ2v) is 5.73. The van der Waals surface area contributed by atoms with E-state index >= 15 is 0 Å². The van der Waals surface area contributed by atoms with Gasteiger partial charge in [-0.2, -0.15) is 0 Å². The first-order valence-electron chi connectivity index (χ1n) is 8.11. The minimum Gasteiger partial charge on any atom is -0.489 e. The lowest BCUT2D eigenvalue weighted by atomic mass is 10.1. The van der Waals surface area contributed by atoms with E-state index in [0.29, 0.717) is 13.2 Å². The highest BCUT2D eigenvalue weighted by atomic mass is 16.5. The number of hydrazine groups is 1. The quantitative estimate of drug-likeness (QED) is 0.620. The van der Waals surface area contributed by atoms with Crippen LogP contribution in [0.2, 0.25) is 0 Å². The smallest absolute Gasteiger partial charge is 0.124 e. The van der Waals surface area contributed by atoms with Crippen LogP contribution < -0.4 is 15.6 Å². The molecule has 0 aliphatic carbocycles. The standard InChI is InChI=1S/C21H22N2O/c1-17-12-13-19(15-22-23-20-10-6-3-7-11-20)21(14-17)24-16-18-8-4-2-5-9-18/h2-14,22-23H,15-16H2,1H3. The molecule has 3 aromatic carbocycles. The van der Waals surface area contributed by atoms with Crippen molar-refractivity contribution in [3.63, 3.8) is 0 Å². The highest BCUT2D eigenvalue weighted by Crippen LogP contribution is 2.21. The van der Waals surface area contributed by atoms with Crippen LogP contribution in [0.5, 0.6) is 5.75 Å². The Bertz CT molecular complexity index is 757. The maximum atomic E-state index is 6.04. The first-order valence-corrected chi connectivity index (χ1v) is 8.11. The number of nitrogens with one attached hydrogen (secondary N) is 2. The normalized spacial score (nSPS) is 10.4. The molecule has 0 amide bonds. The summed E-state index contributed by atoms with van der Waals surface area (Å²) in [6.07, 6.45) is 0. The minimum absolute atomic E-state index is 0.573. The molecule has 122 valence electrons. The predicted molar refractivity (Wildman–Crippen MR) is 98.9 cm³/mol. The highest BCUT2D eigenvalue weighted by molar-refractivity contribution is 5.42. The molecule has 0 spiro atoms. The van der Waals surface area contributed by atoms with Gasteiger partial charge in [0.1, 0.15) is 12.4 Å². The van der Waals surface area contributed by atoms with E-state index in [2.05, 4.69) is 48.1 Å². The molecule has 0 unspecified atom stereocenters. The lowest BCUT2D eigenvalue weighted by Gasteiger charge is -2.14. The van der Waals surface area contributed by atoms with Gasteiger partial charge in [-0.3, -0.25) is 0 Å². The molecule has 0 aromatic heterocycles. The molecule has 0 atom stereocenters. The lowest BCUT2D eigenvalue weighted by molar-refractivity contribution is 0.302. The van der Waals surface area contributed by atoms with Gasteiger partial charge in [-0.15, -0.1) is 0 Å². The summed E-state index contributed by atoms with van der Waals surface area (Å²) >= 11 is 0. The number of ether oxygens (including phenoxy) is 1. The van der Waals surface area contributed by atoms with Gasteiger partial charge >= 0.3 is 0 Å². The molecule has 0 saturated carbocycles. The molecule has 3 heteroatoms. The Morgan fingerprint density at radius 3 is 2.29 bits per heavy atom. The lowest BCUT2D eigenvalue weighted by Crippen LogP contribution is -2.21. The number of hydrogen-bond acceptors (Lipinski definition) is 3. The van der Waals surface area contributed by atoms with Crippen molar-refractivity contribution in [2.24, 2.45) is 0 Å². The van der Waals surface area contributed by atoms with Crippen molar-refractivity contribution in [1.82, 2.24) is 5.43 Å². The van der Waals surface area contributed by atoms with Crippen LogP contribution in [0.4, 0.5) is 5.69 Å². The van der Waals surface area contributed by atoms with Crippen molar-refractivity contribution < 1.29 is 4.74 Å². The fourth-order valence-corrected chi connectivity index (χ4v) is 2.44. The molecule has 0 saturated heterocycles. The Kier molecular flexibility index (Phi) is 5.48. The van der Waals surface area contributed by atoms with E-state index in [9.17, 15) is 0 Å². The van der Waals surface area contributed by atoms with Crippen molar-refractivity contribution in [1.29, 1.82) is 0 Å². The van der Waals surface area contributed by atoms with Crippen LogP contribution in [-0.2, 0) is 13.2 Å². The molecule has 0 fully saturated rings. The zero-order chi connectivity index (χ0) is 16.6. The number of hydrogen-bond donors (Lipinski definition) is 2. The fraction of sp³-hybridized carbons (Fsp3) is 0.143. The van der Waals surface area contributed by atoms with Crippen LogP contribution in [0, 0.1) is 6.92 Å². The van der Waals surface area contributed by atoms with E-state index in [1.54, 1.807) is 0 Å². The summed E-state index contributed by atoms with van der Waals surface area (Å²) < 4.78 is 6.04. The Balaban J connectivity index is 1.62. The van der Waals surface area contributed by atoms with Gasteiger partial charge in [0.25, 0.3) is 0 Å². The van der Waals surface area contributed by atoms with Crippen molar-refractivity contribution in [3.05, 3.63) is 95.6 Å². The van der Waals surface area contributed by atoms with E-state index in [1.807, 2.05) is 48.5 Å². The van der Waals surface area contributed by atoms with Crippen LogP contribution in [0.3, 0.4) is 0 Å². The Hall–Kier alpha value is -2.78. The van der Waals surface area contributed by atoms with E-state index in [4.69, 9.17) is 4.74 Å². The van der Waals surface area contributed by atoms with Gasteiger partial charge < -0.3 is 10.2 Å². The first kappa shape index (κ1) is 16.1. The van der Waals surface area contributed by atoms with E-state index in [-0.39, 0.29) is 0 Å². The van der Waals surface area contributed by atoms with Gasteiger partial charge in [-0.25, -0.2) is 5.43 Å². The number of aryl methyl sites for hydroxylation is 1. The second kappa shape index (κ2) is 8.18. The predicted octanol–water partition coefficient (Wildman–Crippen LogP) is 4.69. The molecule has 0 aliphatic heterocycles. The Labute approximate surface area is 143 Å². The van der Waals surface area contributed by atoms with Crippen molar-refractivity contribution in [2.75, 3.05) is 5.43 Å². The average Bonchev–Trinajstić information content (AvgIpc) is 2.63. The van der Waals surface area contributed by atoms with Gasteiger partial charge in [-0.1, -0.05) is 60.7 Å². The molecule has 3 nitrogen and oxygen atoms in total. The summed E-state index contributed by atoms with van der Waals surface area (Å²) in [5.41, 5.74) is 11.0. The molecule has 3 aromatic rings. The molecule has 3 rings (SSSR count). The highest BCUT2D eigenvalue weighted by Gasteiger charge is 2.05. The SMILES string of the molecule is Cc1ccc(CNNc2ccccc2)c(OCc2ccccc2)c1. The van der Waals surface area contributed by atoms with E-state index < -0.39 is 0 Å². The summed E-state index contributed by atoms with van der Waals surface area (Å²) in [5.74, 6) is 0.918. The van der Waals surface area contributed by atoms with Crippen molar-refractivity contribution >= 4 is 5.69 Å². The third-order valence-electron chi connectivity index (χ3n) is 3.75. The maximum absolute atomic E-state index is 6.04. The molecule has 24 heavy (non-hydrogen) atoms. The molecular formula is C21H22N2O. The van der Waals surface area contributed by atoms with Crippen LogP contribution in [-0.4, -0.2) is 0 Å².